The molecule has 1 atom stereocenters. The highest BCUT2D eigenvalue weighted by Crippen LogP contribution is 2.32. The Morgan fingerprint density at radius 2 is 2.04 bits per heavy atom. The molecule has 0 saturated heterocycles. The summed E-state index contributed by atoms with van der Waals surface area (Å²) in [6.45, 7) is 0.956. The van der Waals surface area contributed by atoms with Crippen LogP contribution in [0.1, 0.15) is 22.2 Å². The van der Waals surface area contributed by atoms with Crippen molar-refractivity contribution in [3.05, 3.63) is 51.9 Å². The molecule has 1 amide bonds. The van der Waals surface area contributed by atoms with Gasteiger partial charge in [-0.2, -0.15) is 5.10 Å². The first-order valence-corrected chi connectivity index (χ1v) is 7.05. The summed E-state index contributed by atoms with van der Waals surface area (Å²) in [7, 11) is 0. The molecular formula is C15H15N3O5. The molecule has 8 nitrogen and oxygen atoms in total. The van der Waals surface area contributed by atoms with E-state index in [1.807, 2.05) is 0 Å². The lowest BCUT2D eigenvalue weighted by Gasteiger charge is -2.20. The monoisotopic (exact) mass is 317 g/mol. The van der Waals surface area contributed by atoms with Crippen LogP contribution in [-0.2, 0) is 0 Å². The molecule has 1 aliphatic heterocycles. The highest BCUT2D eigenvalue weighted by molar-refractivity contribution is 5.91. The van der Waals surface area contributed by atoms with E-state index >= 15 is 0 Å². The molecule has 8 heteroatoms. The van der Waals surface area contributed by atoms with E-state index in [0.717, 1.165) is 0 Å². The Morgan fingerprint density at radius 3 is 2.78 bits per heavy atom. The second-order valence-corrected chi connectivity index (χ2v) is 4.94. The molecule has 2 heterocycles. The van der Waals surface area contributed by atoms with E-state index in [-0.39, 0.29) is 12.2 Å². The summed E-state index contributed by atoms with van der Waals surface area (Å²) >= 11 is 0. The number of aliphatic hydroxyl groups excluding tert-OH is 1. The summed E-state index contributed by atoms with van der Waals surface area (Å²) in [5.41, 5.74) is 0.279. The van der Waals surface area contributed by atoms with E-state index in [2.05, 4.69) is 15.5 Å². The molecule has 3 N–H and O–H groups in total. The summed E-state index contributed by atoms with van der Waals surface area (Å²) in [6.07, 6.45) is -0.905. The van der Waals surface area contributed by atoms with Gasteiger partial charge in [0.15, 0.2) is 11.5 Å². The van der Waals surface area contributed by atoms with Gasteiger partial charge in [0.25, 0.3) is 11.5 Å². The van der Waals surface area contributed by atoms with E-state index < -0.39 is 17.6 Å². The van der Waals surface area contributed by atoms with Crippen molar-refractivity contribution >= 4 is 5.91 Å². The number of fused-ring (bicyclic) bond motifs is 1. The van der Waals surface area contributed by atoms with Crippen molar-refractivity contribution in [3.63, 3.8) is 0 Å². The van der Waals surface area contributed by atoms with Gasteiger partial charge in [-0.25, -0.2) is 5.10 Å². The standard InChI is InChI=1S/C15H15N3O5/c19-11(8-16-15(21)10-2-4-14(20)18-17-10)9-1-3-12-13(7-9)23-6-5-22-12/h1-4,7,11,19H,5-6,8H2,(H,16,21)(H,18,20). The first kappa shape index (κ1) is 15.0. The van der Waals surface area contributed by atoms with Crippen molar-refractivity contribution in [2.45, 2.75) is 6.10 Å². The molecule has 0 bridgehead atoms. The minimum atomic E-state index is -0.905. The van der Waals surface area contributed by atoms with E-state index in [0.29, 0.717) is 30.3 Å². The molecule has 120 valence electrons. The van der Waals surface area contributed by atoms with Gasteiger partial charge in [-0.3, -0.25) is 9.59 Å². The van der Waals surface area contributed by atoms with Gasteiger partial charge in [0.2, 0.25) is 0 Å². The van der Waals surface area contributed by atoms with Crippen LogP contribution in [0.5, 0.6) is 11.5 Å². The quantitative estimate of drug-likeness (QED) is 0.732. The number of aromatic nitrogens is 2. The molecule has 3 rings (SSSR count). The Kier molecular flexibility index (Phi) is 4.24. The first-order valence-electron chi connectivity index (χ1n) is 7.05. The predicted molar refractivity (Wildman–Crippen MR) is 79.6 cm³/mol. The molecule has 2 aromatic rings. The van der Waals surface area contributed by atoms with Gasteiger partial charge in [-0.15, -0.1) is 0 Å². The van der Waals surface area contributed by atoms with Crippen LogP contribution in [-0.4, -0.2) is 41.0 Å². The zero-order valence-electron chi connectivity index (χ0n) is 12.1. The summed E-state index contributed by atoms with van der Waals surface area (Å²) in [5.74, 6) is 0.716. The molecule has 1 aromatic heterocycles. The average molecular weight is 317 g/mol. The first-order chi connectivity index (χ1) is 11.1. The smallest absolute Gasteiger partial charge is 0.271 e. The SMILES string of the molecule is O=C(NCC(O)c1ccc2c(c1)OCCO2)c1ccc(=O)[nH]n1. The highest BCUT2D eigenvalue weighted by atomic mass is 16.6. The maximum Gasteiger partial charge on any atom is 0.271 e. The molecule has 23 heavy (non-hydrogen) atoms. The van der Waals surface area contributed by atoms with E-state index in [1.54, 1.807) is 18.2 Å². The molecule has 0 radical (unpaired) electrons. The number of ether oxygens (including phenoxy) is 2. The Labute approximate surface area is 131 Å². The third kappa shape index (κ3) is 3.49. The van der Waals surface area contributed by atoms with Crippen LogP contribution in [0, 0.1) is 0 Å². The van der Waals surface area contributed by atoms with Crippen LogP contribution in [0.4, 0.5) is 0 Å². The van der Waals surface area contributed by atoms with Crippen LogP contribution < -0.4 is 20.3 Å². The zero-order chi connectivity index (χ0) is 16.2. The molecule has 0 spiro atoms. The van der Waals surface area contributed by atoms with Crippen molar-refractivity contribution in [1.29, 1.82) is 0 Å². The molecule has 0 aliphatic carbocycles. The lowest BCUT2D eigenvalue weighted by atomic mass is 10.1. The number of aliphatic hydroxyl groups is 1. The van der Waals surface area contributed by atoms with Gasteiger partial charge in [0.05, 0.1) is 6.10 Å². The number of nitrogens with one attached hydrogen (secondary N) is 2. The van der Waals surface area contributed by atoms with E-state index in [1.165, 1.54) is 12.1 Å². The number of carbonyl (C=O) groups is 1. The lowest BCUT2D eigenvalue weighted by Crippen LogP contribution is -2.30. The maximum atomic E-state index is 11.9. The van der Waals surface area contributed by atoms with Gasteiger partial charge in [0.1, 0.15) is 18.9 Å². The van der Waals surface area contributed by atoms with Crippen LogP contribution in [0.25, 0.3) is 0 Å². The van der Waals surface area contributed by atoms with Crippen molar-refractivity contribution < 1.29 is 19.4 Å². The van der Waals surface area contributed by atoms with Crippen molar-refractivity contribution in [2.24, 2.45) is 0 Å². The van der Waals surface area contributed by atoms with Gasteiger partial charge >= 0.3 is 0 Å². The molecule has 1 unspecified atom stereocenters. The maximum absolute atomic E-state index is 11.9. The lowest BCUT2D eigenvalue weighted by molar-refractivity contribution is 0.0909. The number of rotatable bonds is 4. The third-order valence-electron chi connectivity index (χ3n) is 3.32. The van der Waals surface area contributed by atoms with E-state index in [4.69, 9.17) is 9.47 Å². The summed E-state index contributed by atoms with van der Waals surface area (Å²) in [4.78, 5) is 22.8. The third-order valence-corrected chi connectivity index (χ3v) is 3.32. The number of benzene rings is 1. The number of hydrogen-bond acceptors (Lipinski definition) is 6. The molecule has 0 fully saturated rings. The second kappa shape index (κ2) is 6.49. The van der Waals surface area contributed by atoms with E-state index in [9.17, 15) is 14.7 Å². The molecule has 0 saturated carbocycles. The Hall–Kier alpha value is -2.87. The minimum Gasteiger partial charge on any atom is -0.486 e. The van der Waals surface area contributed by atoms with Crippen LogP contribution >= 0.6 is 0 Å². The Bertz CT molecular complexity index is 753. The number of carbonyl (C=O) groups excluding carboxylic acids is 1. The Balaban J connectivity index is 1.62. The minimum absolute atomic E-state index is 0.000711. The summed E-state index contributed by atoms with van der Waals surface area (Å²) in [5, 5.41) is 18.5. The summed E-state index contributed by atoms with van der Waals surface area (Å²) in [6, 6.07) is 7.63. The van der Waals surface area contributed by atoms with Gasteiger partial charge < -0.3 is 19.9 Å². The van der Waals surface area contributed by atoms with Crippen molar-refractivity contribution in [3.8, 4) is 11.5 Å². The fourth-order valence-corrected chi connectivity index (χ4v) is 2.14. The van der Waals surface area contributed by atoms with Gasteiger partial charge in [-0.1, -0.05) is 6.07 Å². The molecule has 1 aromatic carbocycles. The fraction of sp³-hybridized carbons (Fsp3) is 0.267. The van der Waals surface area contributed by atoms with Crippen LogP contribution in [0.2, 0.25) is 0 Å². The topological polar surface area (TPSA) is 114 Å². The number of amides is 1. The number of aromatic amines is 1. The largest absolute Gasteiger partial charge is 0.486 e. The van der Waals surface area contributed by atoms with Crippen LogP contribution in [0.3, 0.4) is 0 Å². The van der Waals surface area contributed by atoms with Gasteiger partial charge in [-0.05, 0) is 23.8 Å². The summed E-state index contributed by atoms with van der Waals surface area (Å²) < 4.78 is 10.9. The average Bonchev–Trinajstić information content (AvgIpc) is 2.59. The zero-order valence-corrected chi connectivity index (χ0v) is 12.1. The second-order valence-electron chi connectivity index (χ2n) is 4.94. The number of H-pyrrole nitrogens is 1. The molecule has 1 aliphatic rings. The molecular weight excluding hydrogens is 302 g/mol. The Morgan fingerprint density at radius 1 is 1.26 bits per heavy atom. The van der Waals surface area contributed by atoms with Crippen molar-refractivity contribution in [2.75, 3.05) is 19.8 Å². The normalized spacial score (nSPS) is 14.1. The van der Waals surface area contributed by atoms with Crippen LogP contribution in [0.15, 0.2) is 35.1 Å². The number of nitrogens with zero attached hydrogens (tertiary/aromatic N) is 1. The van der Waals surface area contributed by atoms with Crippen molar-refractivity contribution in [1.82, 2.24) is 15.5 Å². The number of hydrogen-bond donors (Lipinski definition) is 3. The predicted octanol–water partition coefficient (Wildman–Crippen LogP) is 0.00450. The highest BCUT2D eigenvalue weighted by Gasteiger charge is 2.16. The van der Waals surface area contributed by atoms with Gasteiger partial charge in [0, 0.05) is 12.6 Å². The fourth-order valence-electron chi connectivity index (χ4n) is 2.14.